The number of ether oxygens (including phenoxy) is 2. The van der Waals surface area contributed by atoms with E-state index in [1.165, 1.54) is 12.1 Å². The summed E-state index contributed by atoms with van der Waals surface area (Å²) in [6.45, 7) is 0.889. The van der Waals surface area contributed by atoms with Crippen molar-refractivity contribution in [2.24, 2.45) is 0 Å². The molecule has 3 heterocycles. The van der Waals surface area contributed by atoms with Crippen LogP contribution in [-0.4, -0.2) is 39.3 Å². The van der Waals surface area contributed by atoms with Crippen molar-refractivity contribution in [2.45, 2.75) is 37.3 Å². The lowest BCUT2D eigenvalue weighted by Crippen LogP contribution is -2.35. The van der Waals surface area contributed by atoms with Crippen molar-refractivity contribution < 1.29 is 13.9 Å². The molecule has 0 amide bonds. The first-order chi connectivity index (χ1) is 22.1. The number of anilines is 1. The molecule has 0 N–H and O–H groups in total. The Balaban J connectivity index is 1.13. The molecule has 8 heteroatoms. The lowest BCUT2D eigenvalue weighted by Gasteiger charge is -2.36. The molecule has 2 aromatic heterocycles. The van der Waals surface area contributed by atoms with E-state index in [-0.39, 0.29) is 18.1 Å². The molecule has 4 aromatic carbocycles. The maximum atomic E-state index is 13.8. The molecule has 226 valence electrons. The zero-order valence-electron chi connectivity index (χ0n) is 25.0. The lowest BCUT2D eigenvalue weighted by atomic mass is 9.80. The number of hydrogen-bond acceptors (Lipinski definition) is 6. The Morgan fingerprint density at radius 2 is 1.47 bits per heavy atom. The van der Waals surface area contributed by atoms with E-state index in [0.717, 1.165) is 35.1 Å². The third-order valence-electron chi connectivity index (χ3n) is 8.43. The van der Waals surface area contributed by atoms with E-state index in [4.69, 9.17) is 9.47 Å². The number of imidazole rings is 1. The fraction of sp³-hybridized carbons (Fsp3) is 0.216. The summed E-state index contributed by atoms with van der Waals surface area (Å²) in [4.78, 5) is 15.7. The second-order valence-corrected chi connectivity index (χ2v) is 11.4. The van der Waals surface area contributed by atoms with Crippen molar-refractivity contribution in [2.75, 3.05) is 18.6 Å². The van der Waals surface area contributed by atoms with Gasteiger partial charge in [-0.2, -0.15) is 0 Å². The van der Waals surface area contributed by atoms with E-state index in [0.29, 0.717) is 30.1 Å². The Bertz CT molecular complexity index is 1770. The SMILES string of the molecule is CN(Cc1cccc(F)c1)c1ncnc2c1ncn2[C@H]1CC[C@@H](COC(c2ccccc2)(c2ccccc2)c2ccccc2)O1. The average molecular weight is 600 g/mol. The van der Waals surface area contributed by atoms with E-state index < -0.39 is 5.60 Å². The number of aromatic nitrogens is 4. The van der Waals surface area contributed by atoms with Crippen molar-refractivity contribution >= 4 is 17.0 Å². The highest BCUT2D eigenvalue weighted by molar-refractivity contribution is 5.83. The molecule has 6 aromatic rings. The summed E-state index contributed by atoms with van der Waals surface area (Å²) >= 11 is 0. The predicted octanol–water partition coefficient (Wildman–Crippen LogP) is 7.29. The number of fused-ring (bicyclic) bond motifs is 1. The first-order valence-corrected chi connectivity index (χ1v) is 15.2. The molecule has 1 aliphatic rings. The van der Waals surface area contributed by atoms with Gasteiger partial charge in [-0.1, -0.05) is 103 Å². The lowest BCUT2D eigenvalue weighted by molar-refractivity contribution is -0.0756. The smallest absolute Gasteiger partial charge is 0.167 e. The van der Waals surface area contributed by atoms with Crippen molar-refractivity contribution in [3.63, 3.8) is 0 Å². The van der Waals surface area contributed by atoms with E-state index in [1.807, 2.05) is 40.8 Å². The molecule has 0 spiro atoms. The van der Waals surface area contributed by atoms with Crippen LogP contribution in [0.1, 0.15) is 41.3 Å². The summed E-state index contributed by atoms with van der Waals surface area (Å²) in [7, 11) is 1.92. The molecular formula is C37H34FN5O2. The Kier molecular flexibility index (Phi) is 8.07. The van der Waals surface area contributed by atoms with Crippen molar-refractivity contribution in [1.82, 2.24) is 19.5 Å². The van der Waals surface area contributed by atoms with E-state index in [2.05, 4.69) is 87.7 Å². The van der Waals surface area contributed by atoms with Gasteiger partial charge in [0.05, 0.1) is 19.0 Å². The predicted molar refractivity (Wildman–Crippen MR) is 172 cm³/mol. The Morgan fingerprint density at radius 1 is 0.822 bits per heavy atom. The third-order valence-corrected chi connectivity index (χ3v) is 8.43. The molecule has 7 nitrogen and oxygen atoms in total. The summed E-state index contributed by atoms with van der Waals surface area (Å²) in [5.41, 5.74) is 4.60. The standard InChI is InChI=1S/C37H34FN5O2/c1-42(23-27-12-11-19-31(38)22-27)35-34-36(40-25-39-35)43(26-41-34)33-21-20-32(45-33)24-44-37(28-13-5-2-6-14-28,29-15-7-3-8-16-29)30-17-9-4-10-18-30/h2-19,22,25-26,32-33H,20-21,23-24H2,1H3/t32-,33+/m0/s1. The second kappa shape index (κ2) is 12.6. The van der Waals surface area contributed by atoms with Gasteiger partial charge < -0.3 is 14.4 Å². The Labute approximate surface area is 261 Å². The molecule has 1 saturated heterocycles. The molecule has 0 bridgehead atoms. The van der Waals surface area contributed by atoms with Crippen LogP contribution < -0.4 is 4.90 Å². The highest BCUT2D eigenvalue weighted by atomic mass is 19.1. The van der Waals surface area contributed by atoms with Crippen LogP contribution in [0.25, 0.3) is 11.2 Å². The summed E-state index contributed by atoms with van der Waals surface area (Å²) in [6, 6.07) is 37.7. The zero-order valence-corrected chi connectivity index (χ0v) is 25.0. The first kappa shape index (κ1) is 28.8. The normalized spacial score (nSPS) is 16.7. The van der Waals surface area contributed by atoms with Crippen LogP contribution in [0.5, 0.6) is 0 Å². The van der Waals surface area contributed by atoms with E-state index >= 15 is 0 Å². The van der Waals surface area contributed by atoms with Crippen LogP contribution in [0.3, 0.4) is 0 Å². The number of rotatable bonds is 10. The van der Waals surface area contributed by atoms with Gasteiger partial charge in [0.15, 0.2) is 17.0 Å². The number of benzene rings is 4. The van der Waals surface area contributed by atoms with Crippen molar-refractivity contribution in [3.05, 3.63) is 156 Å². The average Bonchev–Trinajstić information content (AvgIpc) is 3.74. The number of nitrogens with zero attached hydrogens (tertiary/aromatic N) is 5. The fourth-order valence-corrected chi connectivity index (χ4v) is 6.31. The monoisotopic (exact) mass is 599 g/mol. The fourth-order valence-electron chi connectivity index (χ4n) is 6.31. The Morgan fingerprint density at radius 3 is 2.09 bits per heavy atom. The maximum Gasteiger partial charge on any atom is 0.167 e. The van der Waals surface area contributed by atoms with Crippen LogP contribution in [0.15, 0.2) is 128 Å². The van der Waals surface area contributed by atoms with Gasteiger partial charge in [0.2, 0.25) is 0 Å². The van der Waals surface area contributed by atoms with Gasteiger partial charge in [-0.25, -0.2) is 19.3 Å². The van der Waals surface area contributed by atoms with Gasteiger partial charge in [0, 0.05) is 13.6 Å². The minimum Gasteiger partial charge on any atom is -0.358 e. The van der Waals surface area contributed by atoms with E-state index in [1.54, 1.807) is 18.7 Å². The minimum absolute atomic E-state index is 0.125. The van der Waals surface area contributed by atoms with Crippen LogP contribution in [0.2, 0.25) is 0 Å². The van der Waals surface area contributed by atoms with Gasteiger partial charge >= 0.3 is 0 Å². The summed E-state index contributed by atoms with van der Waals surface area (Å²) < 4.78 is 29.4. The molecule has 2 atom stereocenters. The van der Waals surface area contributed by atoms with Gasteiger partial charge in [-0.3, -0.25) is 4.57 Å². The first-order valence-electron chi connectivity index (χ1n) is 15.2. The van der Waals surface area contributed by atoms with Gasteiger partial charge in [0.1, 0.15) is 24.0 Å². The van der Waals surface area contributed by atoms with E-state index in [9.17, 15) is 4.39 Å². The van der Waals surface area contributed by atoms with Gasteiger partial charge in [0.25, 0.3) is 0 Å². The molecule has 1 aliphatic heterocycles. The van der Waals surface area contributed by atoms with Crippen molar-refractivity contribution in [3.8, 4) is 0 Å². The van der Waals surface area contributed by atoms with Gasteiger partial charge in [-0.15, -0.1) is 0 Å². The molecule has 0 saturated carbocycles. The largest absolute Gasteiger partial charge is 0.358 e. The zero-order chi connectivity index (χ0) is 30.6. The second-order valence-electron chi connectivity index (χ2n) is 11.4. The highest BCUT2D eigenvalue weighted by Gasteiger charge is 2.39. The number of halogens is 1. The summed E-state index contributed by atoms with van der Waals surface area (Å²) in [5.74, 6) is 0.419. The van der Waals surface area contributed by atoms with Crippen LogP contribution in [0, 0.1) is 5.82 Å². The van der Waals surface area contributed by atoms with Crippen LogP contribution >= 0.6 is 0 Å². The Hall–Kier alpha value is -4.92. The molecule has 1 fully saturated rings. The third kappa shape index (κ3) is 5.70. The topological polar surface area (TPSA) is 65.3 Å². The quantitative estimate of drug-likeness (QED) is 0.154. The molecular weight excluding hydrogens is 565 g/mol. The molecule has 0 radical (unpaired) electrons. The van der Waals surface area contributed by atoms with Crippen molar-refractivity contribution in [1.29, 1.82) is 0 Å². The molecule has 45 heavy (non-hydrogen) atoms. The van der Waals surface area contributed by atoms with Crippen LogP contribution in [0.4, 0.5) is 10.2 Å². The minimum atomic E-state index is -0.804. The summed E-state index contributed by atoms with van der Waals surface area (Å²) in [6.07, 6.45) is 4.58. The number of hydrogen-bond donors (Lipinski definition) is 0. The maximum absolute atomic E-state index is 13.8. The van der Waals surface area contributed by atoms with Crippen LogP contribution in [-0.2, 0) is 21.6 Å². The molecule has 7 rings (SSSR count). The summed E-state index contributed by atoms with van der Waals surface area (Å²) in [5, 5.41) is 0. The van der Waals surface area contributed by atoms with Gasteiger partial charge in [-0.05, 0) is 47.2 Å². The highest BCUT2D eigenvalue weighted by Crippen LogP contribution is 2.42. The molecule has 0 aliphatic carbocycles. The molecule has 0 unspecified atom stereocenters.